The number of rotatable bonds is 7. The number of aryl methyl sites for hydroxylation is 2. The van der Waals surface area contributed by atoms with Crippen molar-refractivity contribution in [3.63, 3.8) is 0 Å². The molecule has 2 aliphatic carbocycles. The number of nitrogens with zero attached hydrogens (tertiary/aromatic N) is 8. The molecule has 0 radical (unpaired) electrons. The Morgan fingerprint density at radius 3 is 1.67 bits per heavy atom. The number of nitrogen functional groups attached to an aromatic ring is 3. The zero-order chi connectivity index (χ0) is 54.6. The second-order valence-corrected chi connectivity index (χ2v) is 21.1. The van der Waals surface area contributed by atoms with Gasteiger partial charge in [0, 0.05) is 68.9 Å². The molecule has 2 aromatic carbocycles. The molecule has 0 atom stereocenters. The van der Waals surface area contributed by atoms with Gasteiger partial charge in [0.2, 0.25) is 17.8 Å². The molecule has 2 saturated carbocycles. The molecule has 8 aromatic rings. The maximum Gasteiger partial charge on any atom is 0.495 e. The van der Waals surface area contributed by atoms with Crippen molar-refractivity contribution < 1.29 is 24.7 Å². The molecule has 11 N–H and O–H groups in total. The number of amides is 2. The lowest BCUT2D eigenvalue weighted by molar-refractivity contribution is 0.00578. The fourth-order valence-electron chi connectivity index (χ4n) is 6.90. The molecule has 0 spiro atoms. The van der Waals surface area contributed by atoms with E-state index >= 15 is 0 Å². The molecule has 3 aliphatic rings. The Kier molecular flexibility index (Phi) is 19.7. The number of hydrazine groups is 1. The van der Waals surface area contributed by atoms with Gasteiger partial charge in [-0.15, -0.1) is 20.4 Å². The molecule has 394 valence electrons. The van der Waals surface area contributed by atoms with Crippen LogP contribution in [0.3, 0.4) is 0 Å². The number of hydrogen-bond donors (Lipinski definition) is 8. The third-order valence-electron chi connectivity index (χ3n) is 12.1. The van der Waals surface area contributed by atoms with E-state index in [1.54, 1.807) is 27.1 Å². The van der Waals surface area contributed by atoms with Crippen molar-refractivity contribution in [1.29, 1.82) is 11.1 Å². The van der Waals surface area contributed by atoms with Gasteiger partial charge in [0.25, 0.3) is 11.8 Å². The third kappa shape index (κ3) is 15.9. The van der Waals surface area contributed by atoms with Gasteiger partial charge in [-0.2, -0.15) is 4.39 Å². The topological polar surface area (TPSA) is 301 Å². The van der Waals surface area contributed by atoms with Gasteiger partial charge in [0.1, 0.15) is 5.82 Å². The molecule has 6 aromatic heterocycles. The second-order valence-electron chi connectivity index (χ2n) is 18.3. The predicted molar refractivity (Wildman–Crippen MR) is 300 cm³/mol. The first kappa shape index (κ1) is 57.5. The highest BCUT2D eigenvalue weighted by molar-refractivity contribution is 9.11. The first-order valence-electron chi connectivity index (χ1n) is 23.4. The summed E-state index contributed by atoms with van der Waals surface area (Å²) >= 11 is 9.67. The lowest BCUT2D eigenvalue weighted by Crippen LogP contribution is -2.41. The van der Waals surface area contributed by atoms with Gasteiger partial charge in [-0.3, -0.25) is 18.4 Å². The van der Waals surface area contributed by atoms with Gasteiger partial charge in [-0.05, 0) is 156 Å². The number of fused-ring (bicyclic) bond motifs is 2. The number of hydrogen-bond acceptors (Lipinski definition) is 16. The highest BCUT2D eigenvalue weighted by Gasteiger charge is 2.52. The smallest absolute Gasteiger partial charge is 0.399 e. The Bertz CT molecular complexity index is 3240. The summed E-state index contributed by atoms with van der Waals surface area (Å²) in [7, 11) is -0.432. The van der Waals surface area contributed by atoms with Gasteiger partial charge < -0.3 is 36.8 Å². The number of carbonyl (C=O) groups is 2. The SMILES string of the molecule is Cc1ccc(C(=O)NC2CC2)cc1-c1ccn2c(N)nnc2c1.Cc1ccc(C(=O)NC2CC2)cc1B1OC(C)(C)C(C)(C)O1.Fc1cc(Br)ccn1.N=N.NNc1cc(Br)ccn1.Nc1nnc2cc(Br)ccn12.[HH]. The molecule has 20 nitrogen and oxygen atoms in total. The summed E-state index contributed by atoms with van der Waals surface area (Å²) in [6.07, 6.45) is 11.1. The minimum absolute atomic E-state index is 0. The van der Waals surface area contributed by atoms with Gasteiger partial charge in [-0.1, -0.05) is 65.5 Å². The predicted octanol–water partition coefficient (Wildman–Crippen LogP) is 9.39. The molecule has 11 rings (SSSR count). The zero-order valence-corrected chi connectivity index (χ0v) is 46.7. The van der Waals surface area contributed by atoms with Crippen LogP contribution in [-0.2, 0) is 9.31 Å². The molecule has 75 heavy (non-hydrogen) atoms. The van der Waals surface area contributed by atoms with Crippen molar-refractivity contribution in [2.24, 2.45) is 5.84 Å². The van der Waals surface area contributed by atoms with E-state index in [1.165, 1.54) is 12.3 Å². The summed E-state index contributed by atoms with van der Waals surface area (Å²) in [5, 5.41) is 21.5. The molecule has 1 aliphatic heterocycles. The lowest BCUT2D eigenvalue weighted by Gasteiger charge is -2.32. The maximum absolute atomic E-state index is 12.3. The molecule has 0 bridgehead atoms. The molecular formula is C50H59BBr3FN16O4. The average molecular weight is 1220 g/mol. The molecule has 2 amide bonds. The summed E-state index contributed by atoms with van der Waals surface area (Å²) in [4.78, 5) is 31.7. The highest BCUT2D eigenvalue weighted by Crippen LogP contribution is 2.37. The van der Waals surface area contributed by atoms with Gasteiger partial charge in [0.05, 0.1) is 11.2 Å². The van der Waals surface area contributed by atoms with Crippen LogP contribution in [-0.4, -0.2) is 81.4 Å². The van der Waals surface area contributed by atoms with Crippen LogP contribution in [0.1, 0.15) is 86.6 Å². The van der Waals surface area contributed by atoms with E-state index in [9.17, 15) is 14.0 Å². The fourth-order valence-corrected chi connectivity index (χ4v) is 7.86. The van der Waals surface area contributed by atoms with E-state index in [4.69, 9.17) is 37.7 Å². The summed E-state index contributed by atoms with van der Waals surface area (Å²) < 4.78 is 30.3. The standard InChI is InChI=1S/C17H24BNO3.C17H17N5O.C6H5BrN4.C5H3BrFN.C5H6BrN3.H2N2.H2/c1-11-6-7-12(15(20)19-13-8-9-13)10-14(11)18-21-16(2,3)17(4,5)22-18;1-10-2-3-12(16(23)19-13-4-5-13)8-14(10)11-6-7-22-15(9-11)20-21-17(22)18;7-4-1-2-11-5(3-4)9-10-6(11)8;6-4-1-2-8-5(7)3-4;6-4-1-2-8-5(3-4)9-7;1-2;/h6-7,10,13H,8-9H2,1-5H3,(H,19,20);2-3,6-9,13H,4-5H2,1H3,(H2,18,21)(H,19,23);1-3H,(H2,8,10);1-3H;1-3H,7H2,(H,8,9);1-2H;1H. The molecule has 3 fully saturated rings. The fraction of sp³-hybridized carbons (Fsp3) is 0.280. The van der Waals surface area contributed by atoms with E-state index in [-0.39, 0.29) is 24.4 Å². The number of benzene rings is 2. The van der Waals surface area contributed by atoms with E-state index in [0.717, 1.165) is 68.0 Å². The van der Waals surface area contributed by atoms with E-state index < -0.39 is 13.1 Å². The van der Waals surface area contributed by atoms with Crippen LogP contribution < -0.4 is 38.8 Å². The van der Waals surface area contributed by atoms with Crippen molar-refractivity contribution in [2.75, 3.05) is 16.9 Å². The summed E-state index contributed by atoms with van der Waals surface area (Å²) in [5.41, 5.74) is 30.8. The van der Waals surface area contributed by atoms with E-state index in [2.05, 4.69) is 94.2 Å². The number of carbonyl (C=O) groups excluding carboxylic acids is 2. The van der Waals surface area contributed by atoms with Crippen molar-refractivity contribution in [3.05, 3.63) is 151 Å². The quantitative estimate of drug-likeness (QED) is 0.0242. The minimum Gasteiger partial charge on any atom is -0.399 e. The number of nitrogens with two attached hydrogens (primary N) is 3. The van der Waals surface area contributed by atoms with E-state index in [1.807, 2.05) is 121 Å². The minimum atomic E-state index is -0.459. The Morgan fingerprint density at radius 1 is 0.680 bits per heavy atom. The first-order valence-corrected chi connectivity index (χ1v) is 25.7. The number of aromatic nitrogens is 8. The van der Waals surface area contributed by atoms with Crippen molar-refractivity contribution in [2.45, 2.75) is 90.5 Å². The van der Waals surface area contributed by atoms with Crippen LogP contribution in [0.25, 0.3) is 22.4 Å². The monoisotopic (exact) mass is 1210 g/mol. The number of halogens is 4. The van der Waals surface area contributed by atoms with Crippen LogP contribution in [0, 0.1) is 30.9 Å². The van der Waals surface area contributed by atoms with Crippen LogP contribution in [0.4, 0.5) is 22.1 Å². The number of nitrogens with one attached hydrogen (secondary N) is 5. The van der Waals surface area contributed by atoms with Crippen LogP contribution >= 0.6 is 47.8 Å². The molecule has 0 unspecified atom stereocenters. The van der Waals surface area contributed by atoms with Crippen LogP contribution in [0.15, 0.2) is 123 Å². The summed E-state index contributed by atoms with van der Waals surface area (Å²) in [6.45, 7) is 12.2. The van der Waals surface area contributed by atoms with Gasteiger partial charge in [-0.25, -0.2) is 26.9 Å². The summed E-state index contributed by atoms with van der Waals surface area (Å²) in [5.74, 6) is 6.03. The lowest BCUT2D eigenvalue weighted by atomic mass is 9.75. The molecule has 1 saturated heterocycles. The molecule has 25 heteroatoms. The van der Waals surface area contributed by atoms with Crippen LogP contribution in [0.5, 0.6) is 0 Å². The molecular weight excluding hydrogens is 1160 g/mol. The van der Waals surface area contributed by atoms with Crippen molar-refractivity contribution in [1.82, 2.24) is 49.8 Å². The largest absolute Gasteiger partial charge is 0.495 e. The normalized spacial score (nSPS) is 14.7. The van der Waals surface area contributed by atoms with Gasteiger partial charge >= 0.3 is 7.12 Å². The Balaban J connectivity index is 0.000000185. The number of anilines is 3. The molecule has 7 heterocycles. The van der Waals surface area contributed by atoms with Gasteiger partial charge in [0.15, 0.2) is 11.3 Å². The Hall–Kier alpha value is -6.77. The van der Waals surface area contributed by atoms with Crippen molar-refractivity contribution in [3.8, 4) is 11.1 Å². The van der Waals surface area contributed by atoms with Crippen LogP contribution in [0.2, 0.25) is 0 Å². The van der Waals surface area contributed by atoms with Crippen molar-refractivity contribution >= 4 is 101 Å². The summed E-state index contributed by atoms with van der Waals surface area (Å²) in [6, 6.07) is 26.4. The van der Waals surface area contributed by atoms with E-state index in [0.29, 0.717) is 51.0 Å². The third-order valence-corrected chi connectivity index (χ3v) is 13.6. The second kappa shape index (κ2) is 25.7. The average Bonchev–Trinajstić information content (AvgIpc) is 4.31. The number of pyridine rings is 4. The highest BCUT2D eigenvalue weighted by atomic mass is 79.9. The Labute approximate surface area is 459 Å². The first-order chi connectivity index (χ1) is 35.7. The Morgan fingerprint density at radius 2 is 1.17 bits per heavy atom. The zero-order valence-electron chi connectivity index (χ0n) is 41.9. The maximum atomic E-state index is 12.3.